The number of hydrogen-bond acceptors (Lipinski definition) is 4. The van der Waals surface area contributed by atoms with Crippen LogP contribution < -0.4 is 10.6 Å². The number of carbonyl (C=O) groups excluding carboxylic acids is 3. The van der Waals surface area contributed by atoms with Gasteiger partial charge in [-0.15, -0.1) is 0 Å². The zero-order valence-corrected chi connectivity index (χ0v) is 15.8. The lowest BCUT2D eigenvalue weighted by molar-refractivity contribution is -0.147. The molecule has 3 aromatic rings. The van der Waals surface area contributed by atoms with Crippen LogP contribution in [0.15, 0.2) is 60.7 Å². The fourth-order valence-electron chi connectivity index (χ4n) is 2.79. The first kappa shape index (κ1) is 20.9. The molecule has 0 aliphatic heterocycles. The third-order valence-corrected chi connectivity index (χ3v) is 4.22. The van der Waals surface area contributed by atoms with Crippen LogP contribution in [0.5, 0.6) is 0 Å². The second kappa shape index (κ2) is 9.60. The molecule has 0 saturated carbocycles. The second-order valence-electron chi connectivity index (χ2n) is 6.37. The van der Waals surface area contributed by atoms with Crippen molar-refractivity contribution < 1.29 is 27.9 Å². The van der Waals surface area contributed by atoms with E-state index in [0.29, 0.717) is 11.8 Å². The van der Waals surface area contributed by atoms with Gasteiger partial charge in [0.05, 0.1) is 12.0 Å². The number of fused-ring (bicyclic) bond motifs is 1. The number of halogens is 2. The lowest BCUT2D eigenvalue weighted by atomic mass is 10.1. The van der Waals surface area contributed by atoms with Gasteiger partial charge < -0.3 is 15.4 Å². The number of ether oxygens (including phenoxy) is 1. The summed E-state index contributed by atoms with van der Waals surface area (Å²) < 4.78 is 31.3. The molecule has 0 aromatic heterocycles. The van der Waals surface area contributed by atoms with E-state index in [1.54, 1.807) is 12.1 Å². The van der Waals surface area contributed by atoms with Crippen molar-refractivity contribution in [3.63, 3.8) is 0 Å². The molecule has 2 N–H and O–H groups in total. The second-order valence-corrected chi connectivity index (χ2v) is 6.37. The van der Waals surface area contributed by atoms with Gasteiger partial charge in [-0.1, -0.05) is 36.4 Å². The molecule has 0 unspecified atom stereocenters. The molecule has 6 nitrogen and oxygen atoms in total. The summed E-state index contributed by atoms with van der Waals surface area (Å²) in [6.07, 6.45) is -0.212. The topological polar surface area (TPSA) is 84.5 Å². The number of rotatable bonds is 7. The first-order valence-electron chi connectivity index (χ1n) is 9.10. The van der Waals surface area contributed by atoms with Gasteiger partial charge in [-0.05, 0) is 23.6 Å². The van der Waals surface area contributed by atoms with Crippen molar-refractivity contribution in [1.29, 1.82) is 0 Å². The molecule has 0 aliphatic rings. The minimum absolute atomic E-state index is 0.126. The van der Waals surface area contributed by atoms with Gasteiger partial charge in [0.15, 0.2) is 6.61 Å². The van der Waals surface area contributed by atoms with E-state index in [9.17, 15) is 23.2 Å². The van der Waals surface area contributed by atoms with Gasteiger partial charge >= 0.3 is 5.97 Å². The number of nitrogens with one attached hydrogen (secondary N) is 2. The molecule has 0 heterocycles. The van der Waals surface area contributed by atoms with Gasteiger partial charge in [0.2, 0.25) is 0 Å². The van der Waals surface area contributed by atoms with E-state index in [0.717, 1.165) is 22.9 Å². The normalized spacial score (nSPS) is 10.5. The summed E-state index contributed by atoms with van der Waals surface area (Å²) in [4.78, 5) is 35.7. The maximum atomic E-state index is 13.5. The number of amides is 2. The first-order valence-corrected chi connectivity index (χ1v) is 9.10. The highest BCUT2D eigenvalue weighted by Crippen LogP contribution is 2.22. The van der Waals surface area contributed by atoms with Gasteiger partial charge in [0, 0.05) is 23.7 Å². The molecule has 8 heteroatoms. The number of anilines is 1. The maximum Gasteiger partial charge on any atom is 0.308 e. The fraction of sp³-hybridized carbons (Fsp3) is 0.136. The zero-order chi connectivity index (χ0) is 21.5. The Hall–Kier alpha value is -3.81. The van der Waals surface area contributed by atoms with Crippen molar-refractivity contribution >= 4 is 34.2 Å². The van der Waals surface area contributed by atoms with Crippen molar-refractivity contribution in [1.82, 2.24) is 5.32 Å². The Labute approximate surface area is 170 Å². The molecule has 0 bridgehead atoms. The molecular formula is C22H18F2N2O4. The standard InChI is InChI=1S/C22H18F2N2O4/c23-15-8-9-17(18(24)12-15)22(29)25-11-10-21(28)30-13-20(27)26-19-7-3-5-14-4-1-2-6-16(14)19/h1-9,12H,10-11,13H2,(H,25,29)(H,26,27). The van der Waals surface area contributed by atoms with Crippen molar-refractivity contribution in [3.8, 4) is 0 Å². The molecule has 0 aliphatic carbocycles. The molecule has 3 aromatic carbocycles. The van der Waals surface area contributed by atoms with E-state index in [4.69, 9.17) is 4.74 Å². The Bertz CT molecular complexity index is 1100. The van der Waals surface area contributed by atoms with Crippen LogP contribution in [-0.2, 0) is 14.3 Å². The van der Waals surface area contributed by atoms with E-state index >= 15 is 0 Å². The zero-order valence-electron chi connectivity index (χ0n) is 15.8. The van der Waals surface area contributed by atoms with Crippen LogP contribution in [0, 0.1) is 11.6 Å². The van der Waals surface area contributed by atoms with E-state index in [2.05, 4.69) is 10.6 Å². The van der Waals surface area contributed by atoms with Crippen LogP contribution in [0.3, 0.4) is 0 Å². The first-order chi connectivity index (χ1) is 14.4. The molecule has 0 saturated heterocycles. The van der Waals surface area contributed by atoms with Crippen molar-refractivity contribution in [2.24, 2.45) is 0 Å². The minimum atomic E-state index is -1.000. The number of hydrogen-bond donors (Lipinski definition) is 2. The monoisotopic (exact) mass is 412 g/mol. The Balaban J connectivity index is 1.43. The Morgan fingerprint density at radius 1 is 0.933 bits per heavy atom. The predicted molar refractivity (Wildman–Crippen MR) is 107 cm³/mol. The lowest BCUT2D eigenvalue weighted by Gasteiger charge is -2.10. The van der Waals surface area contributed by atoms with Gasteiger partial charge in [0.1, 0.15) is 11.6 Å². The van der Waals surface area contributed by atoms with Crippen LogP contribution in [0.25, 0.3) is 10.8 Å². The van der Waals surface area contributed by atoms with E-state index < -0.39 is 36.0 Å². The molecule has 0 fully saturated rings. The summed E-state index contributed by atoms with van der Waals surface area (Å²) in [5.74, 6) is -3.79. The van der Waals surface area contributed by atoms with Gasteiger partial charge in [-0.3, -0.25) is 14.4 Å². The lowest BCUT2D eigenvalue weighted by Crippen LogP contribution is -2.28. The SMILES string of the molecule is O=C(COC(=O)CCNC(=O)c1ccc(F)cc1F)Nc1cccc2ccccc12. The van der Waals surface area contributed by atoms with Crippen LogP contribution in [0.1, 0.15) is 16.8 Å². The van der Waals surface area contributed by atoms with Crippen LogP contribution in [-0.4, -0.2) is 30.9 Å². The molecule has 30 heavy (non-hydrogen) atoms. The van der Waals surface area contributed by atoms with Gasteiger partial charge in [0.25, 0.3) is 11.8 Å². The number of benzene rings is 3. The van der Waals surface area contributed by atoms with E-state index in [-0.39, 0.29) is 18.5 Å². The van der Waals surface area contributed by atoms with Crippen LogP contribution in [0.2, 0.25) is 0 Å². The third kappa shape index (κ3) is 5.38. The summed E-state index contributed by atoms with van der Waals surface area (Å²) >= 11 is 0. The number of esters is 1. The molecular weight excluding hydrogens is 394 g/mol. The fourth-order valence-corrected chi connectivity index (χ4v) is 2.79. The highest BCUT2D eigenvalue weighted by molar-refractivity contribution is 6.02. The summed E-state index contributed by atoms with van der Waals surface area (Å²) in [6.45, 7) is -0.609. The highest BCUT2D eigenvalue weighted by atomic mass is 19.1. The Morgan fingerprint density at radius 3 is 2.50 bits per heavy atom. The maximum absolute atomic E-state index is 13.5. The molecule has 0 spiro atoms. The quantitative estimate of drug-likeness (QED) is 0.583. The molecule has 154 valence electrons. The van der Waals surface area contributed by atoms with Crippen LogP contribution >= 0.6 is 0 Å². The number of carbonyl (C=O) groups is 3. The summed E-state index contributed by atoms with van der Waals surface area (Å²) in [5.41, 5.74) is 0.266. The largest absolute Gasteiger partial charge is 0.456 e. The van der Waals surface area contributed by atoms with Crippen molar-refractivity contribution in [2.45, 2.75) is 6.42 Å². The summed E-state index contributed by atoms with van der Waals surface area (Å²) in [7, 11) is 0. The molecule has 2 amide bonds. The Morgan fingerprint density at radius 2 is 1.70 bits per heavy atom. The predicted octanol–water partition coefficient (Wildman–Crippen LogP) is 3.42. The van der Waals surface area contributed by atoms with Crippen molar-refractivity contribution in [2.75, 3.05) is 18.5 Å². The average Bonchev–Trinajstić information content (AvgIpc) is 2.72. The molecule has 0 atom stereocenters. The molecule has 3 rings (SSSR count). The highest BCUT2D eigenvalue weighted by Gasteiger charge is 2.14. The van der Waals surface area contributed by atoms with E-state index in [1.165, 1.54) is 0 Å². The summed E-state index contributed by atoms with van der Waals surface area (Å²) in [5, 5.41) is 6.84. The Kier molecular flexibility index (Phi) is 6.69. The minimum Gasteiger partial charge on any atom is -0.456 e. The smallest absolute Gasteiger partial charge is 0.308 e. The molecule has 0 radical (unpaired) electrons. The van der Waals surface area contributed by atoms with E-state index in [1.807, 2.05) is 30.3 Å². The van der Waals surface area contributed by atoms with Gasteiger partial charge in [-0.25, -0.2) is 8.78 Å². The summed E-state index contributed by atoms with van der Waals surface area (Å²) in [6, 6.07) is 15.5. The van der Waals surface area contributed by atoms with Crippen molar-refractivity contribution in [3.05, 3.63) is 77.9 Å². The third-order valence-electron chi connectivity index (χ3n) is 4.22. The van der Waals surface area contributed by atoms with Gasteiger partial charge in [-0.2, -0.15) is 0 Å². The average molecular weight is 412 g/mol. The van der Waals surface area contributed by atoms with Crippen LogP contribution in [0.4, 0.5) is 14.5 Å².